The molecule has 0 fully saturated rings. The van der Waals surface area contributed by atoms with Gasteiger partial charge in [0.2, 0.25) is 0 Å². The molecule has 2 aromatic heterocycles. The molecule has 3 nitrogen and oxygen atoms in total. The first-order valence-electron chi connectivity index (χ1n) is 7.23. The van der Waals surface area contributed by atoms with Crippen molar-refractivity contribution in [3.63, 3.8) is 0 Å². The minimum absolute atomic E-state index is 0.0483. The maximum atomic E-state index is 6.08. The van der Waals surface area contributed by atoms with Gasteiger partial charge < -0.3 is 4.74 Å². The first-order valence-corrected chi connectivity index (χ1v) is 10.3. The quantitative estimate of drug-likeness (QED) is 0.455. The van der Waals surface area contributed by atoms with Gasteiger partial charge in [-0.05, 0) is 30.9 Å². The molecule has 2 aromatic rings. The summed E-state index contributed by atoms with van der Waals surface area (Å²) in [7, 11) is 0. The topological polar surface area (TPSA) is 35.0 Å². The van der Waals surface area contributed by atoms with Crippen molar-refractivity contribution in [3.8, 4) is 0 Å². The van der Waals surface area contributed by atoms with Crippen molar-refractivity contribution in [2.24, 2.45) is 0 Å². The third kappa shape index (κ3) is 2.83. The smallest absolute Gasteiger partial charge is 0.189 e. The van der Waals surface area contributed by atoms with Crippen molar-refractivity contribution in [1.82, 2.24) is 9.97 Å². The summed E-state index contributed by atoms with van der Waals surface area (Å²) in [6, 6.07) is 0. The summed E-state index contributed by atoms with van der Waals surface area (Å²) >= 11 is 5.21. The fourth-order valence-corrected chi connectivity index (χ4v) is 5.02. The van der Waals surface area contributed by atoms with Crippen molar-refractivity contribution in [2.75, 3.05) is 12.0 Å². The molecule has 1 aliphatic rings. The molecule has 1 atom stereocenters. The van der Waals surface area contributed by atoms with E-state index in [-0.39, 0.29) is 5.60 Å². The first kappa shape index (κ1) is 15.6. The van der Waals surface area contributed by atoms with Crippen LogP contribution in [0.15, 0.2) is 10.2 Å². The Balaban J connectivity index is 2.18. The van der Waals surface area contributed by atoms with Crippen LogP contribution in [-0.4, -0.2) is 27.6 Å². The van der Waals surface area contributed by atoms with Gasteiger partial charge in [0.1, 0.15) is 9.86 Å². The van der Waals surface area contributed by atoms with Crippen LogP contribution in [-0.2, 0) is 17.8 Å². The summed E-state index contributed by atoms with van der Waals surface area (Å²) in [4.78, 5) is 11.9. The molecule has 0 saturated heterocycles. The van der Waals surface area contributed by atoms with Gasteiger partial charge >= 0.3 is 0 Å². The Morgan fingerprint density at radius 2 is 2.14 bits per heavy atom. The number of thiophene rings is 1. The molecular weight excluding hydrogens is 320 g/mol. The van der Waals surface area contributed by atoms with Gasteiger partial charge in [0.25, 0.3) is 0 Å². The largest absolute Gasteiger partial charge is 0.369 e. The van der Waals surface area contributed by atoms with Gasteiger partial charge in [-0.2, -0.15) is 0 Å². The molecule has 6 heteroatoms. The van der Waals surface area contributed by atoms with Crippen LogP contribution in [0.5, 0.6) is 0 Å². The molecule has 114 valence electrons. The number of thioether (sulfide) groups is 2. The van der Waals surface area contributed by atoms with Crippen LogP contribution in [0.2, 0.25) is 0 Å². The molecular formula is C15H20N2OS3. The molecule has 1 aliphatic heterocycles. The number of nitrogens with zero attached hydrogens (tertiary/aromatic N) is 2. The normalized spacial score (nSPS) is 21.7. The zero-order chi connectivity index (χ0) is 15.0. The van der Waals surface area contributed by atoms with Crippen LogP contribution in [0.3, 0.4) is 0 Å². The molecule has 3 rings (SSSR count). The van der Waals surface area contributed by atoms with E-state index in [4.69, 9.17) is 14.7 Å². The highest BCUT2D eigenvalue weighted by molar-refractivity contribution is 7.99. The van der Waals surface area contributed by atoms with Gasteiger partial charge in [-0.15, -0.1) is 23.1 Å². The lowest BCUT2D eigenvalue weighted by atomic mass is 9.90. The lowest BCUT2D eigenvalue weighted by molar-refractivity contribution is -0.0543. The van der Waals surface area contributed by atoms with Crippen molar-refractivity contribution in [2.45, 2.75) is 56.0 Å². The van der Waals surface area contributed by atoms with Gasteiger partial charge in [-0.1, -0.05) is 25.6 Å². The second-order valence-corrected chi connectivity index (χ2v) is 8.51. The first-order chi connectivity index (χ1) is 10.1. The van der Waals surface area contributed by atoms with Crippen LogP contribution in [0, 0.1) is 0 Å². The molecule has 1 unspecified atom stereocenters. The van der Waals surface area contributed by atoms with Gasteiger partial charge in [0.15, 0.2) is 5.16 Å². The number of rotatable bonds is 4. The van der Waals surface area contributed by atoms with Gasteiger partial charge in [0.05, 0.1) is 12.2 Å². The van der Waals surface area contributed by atoms with Crippen LogP contribution in [0.25, 0.3) is 10.2 Å². The fraction of sp³-hybridized carbons (Fsp3) is 0.600. The van der Waals surface area contributed by atoms with Crippen LogP contribution in [0.4, 0.5) is 0 Å². The highest BCUT2D eigenvalue weighted by Gasteiger charge is 2.33. The summed E-state index contributed by atoms with van der Waals surface area (Å²) in [6.07, 6.45) is 4.04. The summed E-state index contributed by atoms with van der Waals surface area (Å²) in [5.41, 5.74) is 1.38. The molecule has 0 aromatic carbocycles. The second kappa shape index (κ2) is 6.07. The average molecular weight is 341 g/mol. The maximum Gasteiger partial charge on any atom is 0.189 e. The van der Waals surface area contributed by atoms with E-state index in [1.807, 2.05) is 18.0 Å². The predicted octanol–water partition coefficient (Wildman–Crippen LogP) is 4.77. The van der Waals surface area contributed by atoms with E-state index >= 15 is 0 Å². The van der Waals surface area contributed by atoms with Crippen molar-refractivity contribution in [1.29, 1.82) is 0 Å². The number of aromatic nitrogens is 2. The Kier molecular flexibility index (Phi) is 4.50. The second-order valence-electron chi connectivity index (χ2n) is 5.40. The van der Waals surface area contributed by atoms with Gasteiger partial charge in [-0.25, -0.2) is 9.97 Å². The summed E-state index contributed by atoms with van der Waals surface area (Å²) in [6.45, 7) is 7.30. The zero-order valence-corrected chi connectivity index (χ0v) is 15.3. The molecule has 0 radical (unpaired) electrons. The Labute approximate surface area is 138 Å². The molecule has 0 N–H and O–H groups in total. The van der Waals surface area contributed by atoms with Gasteiger partial charge in [-0.3, -0.25) is 0 Å². The third-order valence-electron chi connectivity index (χ3n) is 3.99. The summed E-state index contributed by atoms with van der Waals surface area (Å²) < 4.78 is 6.08. The third-order valence-corrected chi connectivity index (χ3v) is 6.50. The van der Waals surface area contributed by atoms with E-state index in [0.29, 0.717) is 6.61 Å². The highest BCUT2D eigenvalue weighted by Crippen LogP contribution is 2.42. The number of hydrogen-bond acceptors (Lipinski definition) is 6. The fourth-order valence-electron chi connectivity index (χ4n) is 2.58. The monoisotopic (exact) mass is 340 g/mol. The molecule has 0 amide bonds. The molecule has 0 aliphatic carbocycles. The minimum Gasteiger partial charge on any atom is -0.369 e. The number of fused-ring (bicyclic) bond motifs is 3. The van der Waals surface area contributed by atoms with Crippen LogP contribution < -0.4 is 0 Å². The molecule has 0 saturated carbocycles. The van der Waals surface area contributed by atoms with E-state index in [2.05, 4.69) is 20.8 Å². The maximum absolute atomic E-state index is 6.08. The van der Waals surface area contributed by atoms with Crippen LogP contribution in [0.1, 0.15) is 37.6 Å². The average Bonchev–Trinajstić information content (AvgIpc) is 2.85. The highest BCUT2D eigenvalue weighted by atomic mass is 32.2. The van der Waals surface area contributed by atoms with E-state index in [1.165, 1.54) is 15.8 Å². The standard InChI is InChI=1S/C15H20N2OS3/c1-5-15(3)7-9-10(8-18-15)21-13-11(9)12(20-6-2)16-14(17-13)19-4/h5-8H2,1-4H3. The van der Waals surface area contributed by atoms with Crippen molar-refractivity contribution < 1.29 is 4.74 Å². The predicted molar refractivity (Wildman–Crippen MR) is 92.8 cm³/mol. The van der Waals surface area contributed by atoms with Crippen molar-refractivity contribution >= 4 is 45.1 Å². The van der Waals surface area contributed by atoms with Crippen LogP contribution >= 0.6 is 34.9 Å². The zero-order valence-electron chi connectivity index (χ0n) is 12.9. The lowest BCUT2D eigenvalue weighted by Crippen LogP contribution is -2.33. The van der Waals surface area contributed by atoms with Gasteiger partial charge in [0, 0.05) is 16.7 Å². The Morgan fingerprint density at radius 1 is 1.33 bits per heavy atom. The van der Waals surface area contributed by atoms with E-state index in [1.54, 1.807) is 23.1 Å². The van der Waals surface area contributed by atoms with E-state index in [9.17, 15) is 0 Å². The van der Waals surface area contributed by atoms with E-state index < -0.39 is 0 Å². The lowest BCUT2D eigenvalue weighted by Gasteiger charge is -2.33. The molecule has 3 heterocycles. The Morgan fingerprint density at radius 3 is 2.81 bits per heavy atom. The number of ether oxygens (including phenoxy) is 1. The Hall–Kier alpha value is -0.300. The molecule has 0 spiro atoms. The molecule has 21 heavy (non-hydrogen) atoms. The summed E-state index contributed by atoms with van der Waals surface area (Å²) in [5.74, 6) is 1.03. The minimum atomic E-state index is -0.0483. The number of hydrogen-bond donors (Lipinski definition) is 0. The Bertz CT molecular complexity index is 670. The summed E-state index contributed by atoms with van der Waals surface area (Å²) in [5, 5.41) is 3.29. The van der Waals surface area contributed by atoms with Crippen molar-refractivity contribution in [3.05, 3.63) is 10.4 Å². The van der Waals surface area contributed by atoms with E-state index in [0.717, 1.165) is 33.6 Å². The molecule has 0 bridgehead atoms. The SMILES string of the molecule is CCSc1nc(SC)nc2sc3c(c12)CC(C)(CC)OC3.